The zero-order valence-corrected chi connectivity index (χ0v) is 18.0. The van der Waals surface area contributed by atoms with Crippen molar-refractivity contribution in [2.45, 2.75) is 17.8 Å². The molecule has 0 radical (unpaired) electrons. The highest BCUT2D eigenvalue weighted by molar-refractivity contribution is 7.98. The highest BCUT2D eigenvalue weighted by Crippen LogP contribution is 2.30. The second-order valence-corrected chi connectivity index (χ2v) is 8.17. The first-order chi connectivity index (χ1) is 15.1. The lowest BCUT2D eigenvalue weighted by Gasteiger charge is -2.10. The van der Waals surface area contributed by atoms with Crippen LogP contribution in [-0.2, 0) is 5.75 Å². The van der Waals surface area contributed by atoms with Crippen molar-refractivity contribution in [2.75, 3.05) is 7.11 Å². The molecule has 2 aromatic carbocycles. The predicted molar refractivity (Wildman–Crippen MR) is 123 cm³/mol. The maximum atomic E-state index is 12.5. The summed E-state index contributed by atoms with van der Waals surface area (Å²) in [5.74, 6) is 1.35. The standard InChI is InChI=1S/C24H20N4O2S/c1-16-11-12-27-22(13-16)25-17(14-23(27)29)15-31-24-26-20-5-3-4-6-21(20)28(24)18-7-9-19(30-2)10-8-18/h3-14H,15H2,1-2H3. The summed E-state index contributed by atoms with van der Waals surface area (Å²) in [5.41, 5.74) is 5.32. The van der Waals surface area contributed by atoms with Crippen LogP contribution in [-0.4, -0.2) is 26.0 Å². The lowest BCUT2D eigenvalue weighted by atomic mass is 10.2. The number of hydrogen-bond donors (Lipinski definition) is 0. The number of fused-ring (bicyclic) bond motifs is 2. The van der Waals surface area contributed by atoms with Crippen molar-refractivity contribution in [3.8, 4) is 11.4 Å². The number of aryl methyl sites for hydroxylation is 1. The maximum absolute atomic E-state index is 12.5. The Morgan fingerprint density at radius 2 is 1.81 bits per heavy atom. The molecule has 0 aliphatic rings. The van der Waals surface area contributed by atoms with Crippen molar-refractivity contribution in [1.29, 1.82) is 0 Å². The van der Waals surface area contributed by atoms with Crippen molar-refractivity contribution in [1.82, 2.24) is 18.9 Å². The third-order valence-corrected chi connectivity index (χ3v) is 6.06. The van der Waals surface area contributed by atoms with E-state index >= 15 is 0 Å². The van der Waals surface area contributed by atoms with Gasteiger partial charge in [0.05, 0.1) is 23.8 Å². The van der Waals surface area contributed by atoms with E-state index in [1.807, 2.05) is 61.5 Å². The van der Waals surface area contributed by atoms with Crippen LogP contribution in [0, 0.1) is 6.92 Å². The smallest absolute Gasteiger partial charge is 0.258 e. The molecule has 0 aliphatic heterocycles. The number of pyridine rings is 1. The molecule has 0 saturated carbocycles. The normalized spacial score (nSPS) is 11.3. The molecule has 0 amide bonds. The van der Waals surface area contributed by atoms with E-state index in [-0.39, 0.29) is 5.56 Å². The van der Waals surface area contributed by atoms with E-state index in [9.17, 15) is 4.79 Å². The lowest BCUT2D eigenvalue weighted by molar-refractivity contribution is 0.414. The number of methoxy groups -OCH3 is 1. The summed E-state index contributed by atoms with van der Waals surface area (Å²) in [7, 11) is 1.66. The molecule has 154 valence electrons. The van der Waals surface area contributed by atoms with Gasteiger partial charge in [-0.3, -0.25) is 13.8 Å². The largest absolute Gasteiger partial charge is 0.497 e. The fraction of sp³-hybridized carbons (Fsp3) is 0.125. The number of thioether (sulfide) groups is 1. The number of nitrogens with zero attached hydrogens (tertiary/aromatic N) is 4. The highest BCUT2D eigenvalue weighted by atomic mass is 32.2. The van der Waals surface area contributed by atoms with Gasteiger partial charge in [0.2, 0.25) is 0 Å². The molecule has 0 fully saturated rings. The van der Waals surface area contributed by atoms with Gasteiger partial charge in [0.1, 0.15) is 11.4 Å². The van der Waals surface area contributed by atoms with E-state index in [1.54, 1.807) is 35.5 Å². The molecule has 6 nitrogen and oxygen atoms in total. The van der Waals surface area contributed by atoms with Gasteiger partial charge in [-0.05, 0) is 61.0 Å². The summed E-state index contributed by atoms with van der Waals surface area (Å²) in [4.78, 5) is 22.0. The van der Waals surface area contributed by atoms with Gasteiger partial charge in [-0.15, -0.1) is 0 Å². The van der Waals surface area contributed by atoms with Gasteiger partial charge >= 0.3 is 0 Å². The average molecular weight is 429 g/mol. The minimum Gasteiger partial charge on any atom is -0.497 e. The van der Waals surface area contributed by atoms with Crippen LogP contribution in [0.2, 0.25) is 0 Å². The van der Waals surface area contributed by atoms with Crippen LogP contribution in [0.5, 0.6) is 5.75 Å². The molecule has 0 bridgehead atoms. The molecule has 0 aliphatic carbocycles. The van der Waals surface area contributed by atoms with E-state index < -0.39 is 0 Å². The fourth-order valence-electron chi connectivity index (χ4n) is 3.55. The molecule has 31 heavy (non-hydrogen) atoms. The van der Waals surface area contributed by atoms with E-state index in [0.717, 1.165) is 38.9 Å². The summed E-state index contributed by atoms with van der Waals surface area (Å²) in [6.45, 7) is 1.99. The SMILES string of the molecule is COc1ccc(-n2c(SCc3cc(=O)n4ccc(C)cc4n3)nc3ccccc32)cc1. The Kier molecular flexibility index (Phi) is 4.95. The van der Waals surface area contributed by atoms with Crippen molar-refractivity contribution < 1.29 is 4.74 Å². The van der Waals surface area contributed by atoms with E-state index in [0.29, 0.717) is 11.4 Å². The minimum absolute atomic E-state index is 0.0794. The van der Waals surface area contributed by atoms with Gasteiger partial charge in [-0.1, -0.05) is 23.9 Å². The summed E-state index contributed by atoms with van der Waals surface area (Å²) in [5, 5.41) is 0.845. The van der Waals surface area contributed by atoms with Gasteiger partial charge in [-0.25, -0.2) is 9.97 Å². The van der Waals surface area contributed by atoms with Crippen molar-refractivity contribution >= 4 is 28.4 Å². The van der Waals surface area contributed by atoms with Gasteiger partial charge in [0.15, 0.2) is 5.16 Å². The van der Waals surface area contributed by atoms with Crippen LogP contribution in [0.4, 0.5) is 0 Å². The van der Waals surface area contributed by atoms with Crippen molar-refractivity contribution in [3.05, 3.63) is 94.5 Å². The van der Waals surface area contributed by atoms with Crippen LogP contribution in [0.3, 0.4) is 0 Å². The number of para-hydroxylation sites is 2. The Labute approximate surface area is 183 Å². The number of rotatable bonds is 5. The Balaban J connectivity index is 1.53. The predicted octanol–water partition coefficient (Wildman–Crippen LogP) is 4.64. The average Bonchev–Trinajstić information content (AvgIpc) is 3.16. The maximum Gasteiger partial charge on any atom is 0.258 e. The van der Waals surface area contributed by atoms with Crippen LogP contribution >= 0.6 is 11.8 Å². The molecule has 3 heterocycles. The van der Waals surface area contributed by atoms with E-state index in [1.165, 1.54) is 0 Å². The van der Waals surface area contributed by atoms with E-state index in [4.69, 9.17) is 9.72 Å². The molecule has 0 saturated heterocycles. The molecule has 0 unspecified atom stereocenters. The van der Waals surface area contributed by atoms with Crippen molar-refractivity contribution in [2.24, 2.45) is 0 Å². The summed E-state index contributed by atoms with van der Waals surface area (Å²) in [6, 6.07) is 21.4. The quantitative estimate of drug-likeness (QED) is 0.382. The summed E-state index contributed by atoms with van der Waals surface area (Å²) < 4.78 is 8.98. The first-order valence-corrected chi connectivity index (χ1v) is 10.8. The summed E-state index contributed by atoms with van der Waals surface area (Å²) >= 11 is 1.56. The Hall–Kier alpha value is -3.58. The number of aromatic nitrogens is 4. The molecule has 5 aromatic rings. The molecular weight excluding hydrogens is 408 g/mol. The van der Waals surface area contributed by atoms with Crippen LogP contribution < -0.4 is 10.3 Å². The number of ether oxygens (including phenoxy) is 1. The van der Waals surface area contributed by atoms with Crippen LogP contribution in [0.1, 0.15) is 11.3 Å². The summed E-state index contributed by atoms with van der Waals surface area (Å²) in [6.07, 6.45) is 1.76. The third kappa shape index (κ3) is 3.68. The molecule has 0 atom stereocenters. The van der Waals surface area contributed by atoms with Gasteiger partial charge in [0, 0.05) is 23.7 Å². The Morgan fingerprint density at radius 3 is 2.61 bits per heavy atom. The van der Waals surface area contributed by atoms with Crippen molar-refractivity contribution in [3.63, 3.8) is 0 Å². The molecule has 0 spiro atoms. The fourth-order valence-corrected chi connectivity index (χ4v) is 4.47. The Bertz CT molecular complexity index is 1450. The number of hydrogen-bond acceptors (Lipinski definition) is 5. The van der Waals surface area contributed by atoms with Crippen LogP contribution in [0.25, 0.3) is 22.4 Å². The topological polar surface area (TPSA) is 61.4 Å². The first kappa shape index (κ1) is 19.4. The first-order valence-electron chi connectivity index (χ1n) is 9.86. The zero-order valence-electron chi connectivity index (χ0n) is 17.1. The minimum atomic E-state index is -0.0794. The zero-order chi connectivity index (χ0) is 21.4. The second-order valence-electron chi connectivity index (χ2n) is 7.22. The molecule has 3 aromatic heterocycles. The van der Waals surface area contributed by atoms with Gasteiger partial charge in [0.25, 0.3) is 5.56 Å². The number of imidazole rings is 1. The molecular formula is C24H20N4O2S. The molecule has 5 rings (SSSR count). The van der Waals surface area contributed by atoms with Crippen LogP contribution in [0.15, 0.2) is 82.9 Å². The monoisotopic (exact) mass is 428 g/mol. The van der Waals surface area contributed by atoms with Gasteiger partial charge < -0.3 is 4.74 Å². The Morgan fingerprint density at radius 1 is 1.00 bits per heavy atom. The highest BCUT2D eigenvalue weighted by Gasteiger charge is 2.14. The van der Waals surface area contributed by atoms with E-state index in [2.05, 4.69) is 15.6 Å². The number of benzene rings is 2. The second kappa shape index (κ2) is 7.92. The van der Waals surface area contributed by atoms with Gasteiger partial charge in [-0.2, -0.15) is 0 Å². The third-order valence-electron chi connectivity index (χ3n) is 5.09. The molecule has 7 heteroatoms. The lowest BCUT2D eigenvalue weighted by Crippen LogP contribution is -2.15. The molecule has 0 N–H and O–H groups in total.